The quantitative estimate of drug-likeness (QED) is 0.849. The summed E-state index contributed by atoms with van der Waals surface area (Å²) < 4.78 is 1.07. The van der Waals surface area contributed by atoms with Gasteiger partial charge in [-0.2, -0.15) is 0 Å². The Hall–Kier alpha value is -1.13. The number of nitrogens with two attached hydrogens (primary N) is 1. The van der Waals surface area contributed by atoms with Crippen LogP contribution in [0, 0.1) is 0 Å². The number of aromatic nitrogens is 2. The minimum Gasteiger partial charge on any atom is -0.342 e. The maximum Gasteiger partial charge on any atom is 0.137 e. The molecule has 0 spiro atoms. The Kier molecular flexibility index (Phi) is 2.76. The Labute approximate surface area is 109 Å². The van der Waals surface area contributed by atoms with Gasteiger partial charge in [0.1, 0.15) is 5.82 Å². The van der Waals surface area contributed by atoms with E-state index in [0.717, 1.165) is 35.1 Å². The van der Waals surface area contributed by atoms with Gasteiger partial charge in [-0.15, -0.1) is 0 Å². The number of halogens is 1. The monoisotopic (exact) mass is 291 g/mol. The zero-order valence-electron chi connectivity index (χ0n) is 9.41. The second-order valence-corrected chi connectivity index (χ2v) is 5.44. The number of aromatic amines is 1. The highest BCUT2D eigenvalue weighted by Gasteiger charge is 2.19. The number of rotatable bonds is 1. The number of aryl methyl sites for hydroxylation is 1. The maximum atomic E-state index is 5.97. The maximum absolute atomic E-state index is 5.97. The van der Waals surface area contributed by atoms with Gasteiger partial charge in [0.15, 0.2) is 0 Å². The molecular weight excluding hydrogens is 278 g/mol. The highest BCUT2D eigenvalue weighted by molar-refractivity contribution is 9.10. The van der Waals surface area contributed by atoms with Gasteiger partial charge in [0.05, 0.1) is 5.69 Å². The smallest absolute Gasteiger partial charge is 0.137 e. The summed E-state index contributed by atoms with van der Waals surface area (Å²) in [7, 11) is 0. The predicted molar refractivity (Wildman–Crippen MR) is 71.7 cm³/mol. The molecule has 3 N–H and O–H groups in total. The van der Waals surface area contributed by atoms with Crippen molar-refractivity contribution < 1.29 is 0 Å². The van der Waals surface area contributed by atoms with Crippen molar-refractivity contribution in [3.05, 3.63) is 40.1 Å². The largest absolute Gasteiger partial charge is 0.342 e. The van der Waals surface area contributed by atoms with Crippen LogP contribution in [0.5, 0.6) is 0 Å². The summed E-state index contributed by atoms with van der Waals surface area (Å²) in [6.07, 6.45) is 2.94. The lowest BCUT2D eigenvalue weighted by atomic mass is 9.97. The van der Waals surface area contributed by atoms with Gasteiger partial charge >= 0.3 is 0 Å². The number of H-pyrrole nitrogens is 1. The van der Waals surface area contributed by atoms with Gasteiger partial charge in [0.25, 0.3) is 0 Å². The van der Waals surface area contributed by atoms with E-state index in [1.165, 1.54) is 11.4 Å². The Morgan fingerprint density at radius 3 is 3.12 bits per heavy atom. The molecule has 88 valence electrons. The molecule has 3 rings (SSSR count). The van der Waals surface area contributed by atoms with Crippen LogP contribution in [0.4, 0.5) is 0 Å². The predicted octanol–water partition coefficient (Wildman–Crippen LogP) is 2.66. The van der Waals surface area contributed by atoms with E-state index in [0.29, 0.717) is 0 Å². The molecule has 17 heavy (non-hydrogen) atoms. The van der Waals surface area contributed by atoms with Gasteiger partial charge < -0.3 is 10.7 Å². The van der Waals surface area contributed by atoms with Crippen LogP contribution in [-0.2, 0) is 12.8 Å². The molecule has 1 unspecified atom stereocenters. The molecule has 1 aliphatic rings. The molecular formula is C13H14BrN3. The van der Waals surface area contributed by atoms with E-state index in [2.05, 4.69) is 38.0 Å². The SMILES string of the molecule is NC1CCc2nc(-c3cccc(Br)c3)[nH]c2C1. The first-order valence-electron chi connectivity index (χ1n) is 5.81. The van der Waals surface area contributed by atoms with Crippen LogP contribution in [0.2, 0.25) is 0 Å². The average molecular weight is 292 g/mol. The Bertz CT molecular complexity index is 547. The van der Waals surface area contributed by atoms with Crippen molar-refractivity contribution in [1.29, 1.82) is 0 Å². The zero-order chi connectivity index (χ0) is 11.8. The normalized spacial score (nSPS) is 19.1. The summed E-state index contributed by atoms with van der Waals surface area (Å²) in [5, 5.41) is 0. The van der Waals surface area contributed by atoms with Crippen LogP contribution in [-0.4, -0.2) is 16.0 Å². The molecule has 1 atom stereocenters. The van der Waals surface area contributed by atoms with E-state index in [4.69, 9.17) is 5.73 Å². The van der Waals surface area contributed by atoms with E-state index >= 15 is 0 Å². The molecule has 0 saturated heterocycles. The lowest BCUT2D eigenvalue weighted by Crippen LogP contribution is -2.27. The number of nitrogens with zero attached hydrogens (tertiary/aromatic N) is 1. The standard InChI is InChI=1S/C13H14BrN3/c14-9-3-1-2-8(6-9)13-16-11-5-4-10(15)7-12(11)17-13/h1-3,6,10H,4-5,7,15H2,(H,16,17). The molecule has 0 aliphatic heterocycles. The molecule has 4 heteroatoms. The van der Waals surface area contributed by atoms with Crippen molar-refractivity contribution >= 4 is 15.9 Å². The van der Waals surface area contributed by atoms with Crippen molar-refractivity contribution in [1.82, 2.24) is 9.97 Å². The molecule has 0 bridgehead atoms. The third kappa shape index (κ3) is 2.15. The number of nitrogens with one attached hydrogen (secondary N) is 1. The van der Waals surface area contributed by atoms with Crippen LogP contribution in [0.3, 0.4) is 0 Å². The molecule has 0 amide bonds. The van der Waals surface area contributed by atoms with Gasteiger partial charge in [0, 0.05) is 28.2 Å². The Balaban J connectivity index is 2.00. The highest BCUT2D eigenvalue weighted by Crippen LogP contribution is 2.25. The third-order valence-electron chi connectivity index (χ3n) is 3.18. The number of imidazole rings is 1. The molecule has 0 radical (unpaired) electrons. The third-order valence-corrected chi connectivity index (χ3v) is 3.67. The van der Waals surface area contributed by atoms with Crippen molar-refractivity contribution in [2.75, 3.05) is 0 Å². The van der Waals surface area contributed by atoms with Crippen LogP contribution in [0.1, 0.15) is 17.8 Å². The van der Waals surface area contributed by atoms with E-state index < -0.39 is 0 Å². The van der Waals surface area contributed by atoms with E-state index in [1.54, 1.807) is 0 Å². The first-order chi connectivity index (χ1) is 8.22. The topological polar surface area (TPSA) is 54.7 Å². The lowest BCUT2D eigenvalue weighted by Gasteiger charge is -2.15. The molecule has 0 fully saturated rings. The molecule has 1 aromatic heterocycles. The molecule has 0 saturated carbocycles. The molecule has 1 heterocycles. The van der Waals surface area contributed by atoms with Crippen molar-refractivity contribution in [2.45, 2.75) is 25.3 Å². The molecule has 1 aliphatic carbocycles. The molecule has 1 aromatic carbocycles. The second-order valence-electron chi connectivity index (χ2n) is 4.52. The number of fused-ring (bicyclic) bond motifs is 1. The lowest BCUT2D eigenvalue weighted by molar-refractivity contribution is 0.565. The second kappa shape index (κ2) is 4.27. The fraction of sp³-hybridized carbons (Fsp3) is 0.308. The zero-order valence-corrected chi connectivity index (χ0v) is 11.0. The van der Waals surface area contributed by atoms with Gasteiger partial charge in [-0.25, -0.2) is 4.98 Å². The number of hydrogen-bond donors (Lipinski definition) is 2. The Morgan fingerprint density at radius 1 is 1.41 bits per heavy atom. The fourth-order valence-electron chi connectivity index (χ4n) is 2.28. The first-order valence-corrected chi connectivity index (χ1v) is 6.61. The van der Waals surface area contributed by atoms with E-state index in [-0.39, 0.29) is 6.04 Å². The summed E-state index contributed by atoms with van der Waals surface area (Å²) in [6, 6.07) is 8.45. The Morgan fingerprint density at radius 2 is 2.29 bits per heavy atom. The summed E-state index contributed by atoms with van der Waals surface area (Å²) in [4.78, 5) is 8.06. The average Bonchev–Trinajstić information content (AvgIpc) is 2.72. The van der Waals surface area contributed by atoms with Crippen molar-refractivity contribution in [3.8, 4) is 11.4 Å². The van der Waals surface area contributed by atoms with Crippen molar-refractivity contribution in [3.63, 3.8) is 0 Å². The molecule has 2 aromatic rings. The summed E-state index contributed by atoms with van der Waals surface area (Å²) in [6.45, 7) is 0. The number of benzene rings is 1. The van der Waals surface area contributed by atoms with Gasteiger partial charge in [-0.05, 0) is 25.0 Å². The van der Waals surface area contributed by atoms with Gasteiger partial charge in [0.2, 0.25) is 0 Å². The summed E-state index contributed by atoms with van der Waals surface area (Å²) in [5.74, 6) is 0.949. The van der Waals surface area contributed by atoms with Crippen molar-refractivity contribution in [2.24, 2.45) is 5.73 Å². The minimum atomic E-state index is 0.276. The van der Waals surface area contributed by atoms with Crippen LogP contribution in [0.25, 0.3) is 11.4 Å². The van der Waals surface area contributed by atoms with Crippen LogP contribution >= 0.6 is 15.9 Å². The first kappa shape index (κ1) is 11.0. The summed E-state index contributed by atoms with van der Waals surface area (Å²) in [5.41, 5.74) is 9.47. The van der Waals surface area contributed by atoms with Crippen LogP contribution in [0.15, 0.2) is 28.7 Å². The van der Waals surface area contributed by atoms with Gasteiger partial charge in [-0.3, -0.25) is 0 Å². The van der Waals surface area contributed by atoms with E-state index in [1.807, 2.05) is 12.1 Å². The highest BCUT2D eigenvalue weighted by atomic mass is 79.9. The summed E-state index contributed by atoms with van der Waals surface area (Å²) >= 11 is 3.48. The number of hydrogen-bond acceptors (Lipinski definition) is 2. The van der Waals surface area contributed by atoms with Gasteiger partial charge in [-0.1, -0.05) is 28.1 Å². The van der Waals surface area contributed by atoms with E-state index in [9.17, 15) is 0 Å². The minimum absolute atomic E-state index is 0.276. The fourth-order valence-corrected chi connectivity index (χ4v) is 2.68. The molecule has 3 nitrogen and oxygen atoms in total. The van der Waals surface area contributed by atoms with Crippen LogP contribution < -0.4 is 5.73 Å².